The van der Waals surface area contributed by atoms with Crippen molar-refractivity contribution in [2.24, 2.45) is 0 Å². The zero-order valence-electron chi connectivity index (χ0n) is 13.0. The molecule has 0 radical (unpaired) electrons. The van der Waals surface area contributed by atoms with Gasteiger partial charge < -0.3 is 14.6 Å². The molecule has 1 fully saturated rings. The number of phenolic OH excluding ortho intramolecular Hbond substituents is 1. The number of nitrogens with zero attached hydrogens (tertiary/aromatic N) is 1. The van der Waals surface area contributed by atoms with Crippen molar-refractivity contribution in [1.29, 1.82) is 0 Å². The molecule has 24 heavy (non-hydrogen) atoms. The molecule has 1 aromatic rings. The SMILES string of the molecule is COC(=O)[C@H](C)N1C(=O)S/C(=C\c2cc(OC)c(O)cc2Br)C1=O. The molecule has 0 saturated carbocycles. The molecule has 1 atom stereocenters. The molecule has 7 nitrogen and oxygen atoms in total. The fraction of sp³-hybridized carbons (Fsp3) is 0.267. The number of methoxy groups -OCH3 is 2. The second kappa shape index (κ2) is 7.27. The van der Waals surface area contributed by atoms with Crippen LogP contribution >= 0.6 is 27.7 Å². The van der Waals surface area contributed by atoms with Crippen LogP contribution < -0.4 is 4.74 Å². The molecular formula is C15H14BrNO6S. The van der Waals surface area contributed by atoms with Crippen molar-refractivity contribution in [2.75, 3.05) is 14.2 Å². The van der Waals surface area contributed by atoms with Crippen LogP contribution in [0.4, 0.5) is 4.79 Å². The van der Waals surface area contributed by atoms with Crippen LogP contribution in [-0.2, 0) is 14.3 Å². The molecule has 9 heteroatoms. The van der Waals surface area contributed by atoms with Gasteiger partial charge in [-0.1, -0.05) is 15.9 Å². The van der Waals surface area contributed by atoms with E-state index >= 15 is 0 Å². The van der Waals surface area contributed by atoms with Crippen molar-refractivity contribution < 1.29 is 29.0 Å². The summed E-state index contributed by atoms with van der Waals surface area (Å²) >= 11 is 4.00. The molecular weight excluding hydrogens is 402 g/mol. The van der Waals surface area contributed by atoms with E-state index in [1.807, 2.05) is 0 Å². The molecule has 1 heterocycles. The third kappa shape index (κ3) is 3.41. The van der Waals surface area contributed by atoms with Gasteiger partial charge in [-0.3, -0.25) is 14.5 Å². The molecule has 128 valence electrons. The van der Waals surface area contributed by atoms with Gasteiger partial charge in [0.1, 0.15) is 6.04 Å². The van der Waals surface area contributed by atoms with Crippen molar-refractivity contribution in [1.82, 2.24) is 4.90 Å². The monoisotopic (exact) mass is 415 g/mol. The molecule has 2 amide bonds. The van der Waals surface area contributed by atoms with Gasteiger partial charge in [-0.15, -0.1) is 0 Å². The van der Waals surface area contributed by atoms with Crippen LogP contribution in [0, 0.1) is 0 Å². The number of phenols is 1. The summed E-state index contributed by atoms with van der Waals surface area (Å²) in [5.74, 6) is -1.09. The quantitative estimate of drug-likeness (QED) is 0.596. The average molecular weight is 416 g/mol. The summed E-state index contributed by atoms with van der Waals surface area (Å²) in [7, 11) is 2.59. The van der Waals surface area contributed by atoms with Crippen molar-refractivity contribution >= 4 is 50.9 Å². The molecule has 0 aliphatic carbocycles. The normalized spacial score (nSPS) is 17.3. The van der Waals surface area contributed by atoms with Crippen LogP contribution in [0.25, 0.3) is 6.08 Å². The van der Waals surface area contributed by atoms with Gasteiger partial charge >= 0.3 is 5.97 Å². The number of imide groups is 1. The van der Waals surface area contributed by atoms with E-state index in [-0.39, 0.29) is 16.4 Å². The fourth-order valence-corrected chi connectivity index (χ4v) is 3.41. The number of benzene rings is 1. The Labute approximate surface area is 150 Å². The summed E-state index contributed by atoms with van der Waals surface area (Å²) in [5, 5.41) is 9.16. The van der Waals surface area contributed by atoms with Gasteiger partial charge in [0.2, 0.25) is 0 Å². The van der Waals surface area contributed by atoms with Crippen LogP contribution in [0.1, 0.15) is 12.5 Å². The number of carbonyl (C=O) groups excluding carboxylic acids is 3. The first-order valence-electron chi connectivity index (χ1n) is 6.71. The summed E-state index contributed by atoms with van der Waals surface area (Å²) in [6.07, 6.45) is 1.49. The number of halogens is 1. The maximum Gasteiger partial charge on any atom is 0.328 e. The van der Waals surface area contributed by atoms with Crippen LogP contribution in [0.15, 0.2) is 21.5 Å². The van der Waals surface area contributed by atoms with Crippen molar-refractivity contribution in [3.05, 3.63) is 27.1 Å². The summed E-state index contributed by atoms with van der Waals surface area (Å²) in [4.78, 5) is 37.1. The number of amides is 2. The van der Waals surface area contributed by atoms with Crippen molar-refractivity contribution in [3.63, 3.8) is 0 Å². The van der Waals surface area contributed by atoms with E-state index in [4.69, 9.17) is 4.74 Å². The first kappa shape index (κ1) is 18.3. The Balaban J connectivity index is 2.37. The Morgan fingerprint density at radius 3 is 2.62 bits per heavy atom. The highest BCUT2D eigenvalue weighted by atomic mass is 79.9. The van der Waals surface area contributed by atoms with E-state index in [1.165, 1.54) is 39.4 Å². The highest BCUT2D eigenvalue weighted by molar-refractivity contribution is 9.10. The van der Waals surface area contributed by atoms with Gasteiger partial charge in [0.25, 0.3) is 11.1 Å². The predicted molar refractivity (Wildman–Crippen MR) is 91.6 cm³/mol. The molecule has 2 rings (SSSR count). The number of thioether (sulfide) groups is 1. The first-order chi connectivity index (χ1) is 11.3. The summed E-state index contributed by atoms with van der Waals surface area (Å²) in [6.45, 7) is 1.42. The molecule has 1 N–H and O–H groups in total. The van der Waals surface area contributed by atoms with E-state index in [0.717, 1.165) is 16.7 Å². The molecule has 0 bridgehead atoms. The first-order valence-corrected chi connectivity index (χ1v) is 8.32. The van der Waals surface area contributed by atoms with Gasteiger partial charge in [-0.25, -0.2) is 4.79 Å². The van der Waals surface area contributed by atoms with E-state index in [2.05, 4.69) is 20.7 Å². The lowest BCUT2D eigenvalue weighted by atomic mass is 10.1. The van der Waals surface area contributed by atoms with Crippen LogP contribution in [0.2, 0.25) is 0 Å². The summed E-state index contributed by atoms with van der Waals surface area (Å²) in [6, 6.07) is 1.94. The second-order valence-electron chi connectivity index (χ2n) is 4.80. The largest absolute Gasteiger partial charge is 0.504 e. The predicted octanol–water partition coefficient (Wildman–Crippen LogP) is 2.76. The topological polar surface area (TPSA) is 93.1 Å². The Bertz CT molecular complexity index is 748. The minimum atomic E-state index is -1.01. The van der Waals surface area contributed by atoms with Crippen LogP contribution in [-0.4, -0.2) is 47.4 Å². The van der Waals surface area contributed by atoms with E-state index in [9.17, 15) is 19.5 Å². The molecule has 1 aromatic carbocycles. The fourth-order valence-electron chi connectivity index (χ4n) is 2.06. The van der Waals surface area contributed by atoms with E-state index < -0.39 is 23.2 Å². The van der Waals surface area contributed by atoms with Crippen molar-refractivity contribution in [2.45, 2.75) is 13.0 Å². The highest BCUT2D eigenvalue weighted by Gasteiger charge is 2.41. The zero-order chi connectivity index (χ0) is 18.0. The molecule has 1 saturated heterocycles. The third-order valence-electron chi connectivity index (χ3n) is 3.34. The molecule has 0 unspecified atom stereocenters. The summed E-state index contributed by atoms with van der Waals surface area (Å²) < 4.78 is 10.1. The van der Waals surface area contributed by atoms with Crippen LogP contribution in [0.5, 0.6) is 11.5 Å². The maximum absolute atomic E-state index is 12.4. The van der Waals surface area contributed by atoms with Gasteiger partial charge in [0, 0.05) is 4.47 Å². The zero-order valence-corrected chi connectivity index (χ0v) is 15.4. The highest BCUT2D eigenvalue weighted by Crippen LogP contribution is 2.38. The maximum atomic E-state index is 12.4. The Kier molecular flexibility index (Phi) is 5.55. The van der Waals surface area contributed by atoms with E-state index in [0.29, 0.717) is 10.0 Å². The van der Waals surface area contributed by atoms with Gasteiger partial charge in [-0.05, 0) is 42.5 Å². The minimum absolute atomic E-state index is 0.0612. The Hall–Kier alpha value is -2.00. The lowest BCUT2D eigenvalue weighted by molar-refractivity contribution is -0.148. The number of ether oxygens (including phenoxy) is 2. The lowest BCUT2D eigenvalue weighted by Gasteiger charge is -2.18. The number of hydrogen-bond donors (Lipinski definition) is 1. The van der Waals surface area contributed by atoms with Crippen LogP contribution in [0.3, 0.4) is 0 Å². The standard InChI is InChI=1S/C15H14BrNO6S/c1-7(14(20)23-3)17-13(19)12(24-15(17)21)5-8-4-11(22-2)10(18)6-9(8)16/h4-7,18H,1-3H3/b12-5-/t7-/m0/s1. The van der Waals surface area contributed by atoms with Gasteiger partial charge in [0.05, 0.1) is 19.1 Å². The molecule has 0 aromatic heterocycles. The average Bonchev–Trinajstić information content (AvgIpc) is 2.82. The number of esters is 1. The van der Waals surface area contributed by atoms with Gasteiger partial charge in [-0.2, -0.15) is 0 Å². The Morgan fingerprint density at radius 1 is 1.38 bits per heavy atom. The van der Waals surface area contributed by atoms with E-state index in [1.54, 1.807) is 0 Å². The number of hydrogen-bond acceptors (Lipinski definition) is 7. The smallest absolute Gasteiger partial charge is 0.328 e. The molecule has 0 spiro atoms. The minimum Gasteiger partial charge on any atom is -0.504 e. The second-order valence-corrected chi connectivity index (χ2v) is 6.64. The Morgan fingerprint density at radius 2 is 2.04 bits per heavy atom. The third-order valence-corrected chi connectivity index (χ3v) is 4.91. The number of aromatic hydroxyl groups is 1. The van der Waals surface area contributed by atoms with Gasteiger partial charge in [0.15, 0.2) is 11.5 Å². The van der Waals surface area contributed by atoms with Crippen molar-refractivity contribution in [3.8, 4) is 11.5 Å². The number of rotatable bonds is 4. The lowest BCUT2D eigenvalue weighted by Crippen LogP contribution is -2.42. The summed E-state index contributed by atoms with van der Waals surface area (Å²) in [5.41, 5.74) is 0.542. The number of carbonyl (C=O) groups is 3. The molecule has 1 aliphatic heterocycles. The molecule has 1 aliphatic rings.